The fraction of sp³-hybridized carbons (Fsp3) is 0.150. The number of ether oxygens (including phenoxy) is 1. The minimum atomic E-state index is -0.873. The van der Waals surface area contributed by atoms with Gasteiger partial charge in [-0.3, -0.25) is 4.79 Å². The molecule has 0 aliphatic rings. The first-order chi connectivity index (χ1) is 13.4. The average Bonchev–Trinajstić information content (AvgIpc) is 2.63. The van der Waals surface area contributed by atoms with Gasteiger partial charge in [-0.05, 0) is 43.7 Å². The number of nitrogens with zero attached hydrogens (tertiary/aromatic N) is 2. The van der Waals surface area contributed by atoms with Crippen LogP contribution in [-0.2, 0) is 0 Å². The number of hydrogen-bond acceptors (Lipinski definition) is 5. The molecule has 0 unspecified atom stereocenters. The Bertz CT molecular complexity index is 1040. The van der Waals surface area contributed by atoms with Crippen molar-refractivity contribution >= 4 is 23.1 Å². The Balaban J connectivity index is 1.87. The fourth-order valence-electron chi connectivity index (χ4n) is 2.58. The van der Waals surface area contributed by atoms with Crippen LogP contribution in [0.25, 0.3) is 0 Å². The Morgan fingerprint density at radius 2 is 1.79 bits per heavy atom. The van der Waals surface area contributed by atoms with Crippen LogP contribution in [0.1, 0.15) is 21.9 Å². The van der Waals surface area contributed by atoms with E-state index in [1.807, 2.05) is 25.1 Å². The SMILES string of the molecule is COc1ccc(C)cc1Nc1cc(C(=O)Nc2ccc(F)cc2F)nc(C)n1. The van der Waals surface area contributed by atoms with Crippen molar-refractivity contribution in [3.8, 4) is 5.75 Å². The summed E-state index contributed by atoms with van der Waals surface area (Å²) in [6.45, 7) is 3.57. The molecule has 0 aliphatic carbocycles. The molecule has 1 aromatic heterocycles. The van der Waals surface area contributed by atoms with Crippen LogP contribution in [0.5, 0.6) is 5.75 Å². The number of anilines is 3. The molecule has 1 heterocycles. The molecule has 28 heavy (non-hydrogen) atoms. The fourth-order valence-corrected chi connectivity index (χ4v) is 2.58. The number of aromatic nitrogens is 2. The van der Waals surface area contributed by atoms with Crippen molar-refractivity contribution in [3.05, 3.63) is 71.2 Å². The first-order valence-electron chi connectivity index (χ1n) is 8.39. The minimum Gasteiger partial charge on any atom is -0.495 e. The lowest BCUT2D eigenvalue weighted by atomic mass is 10.2. The van der Waals surface area contributed by atoms with E-state index in [2.05, 4.69) is 20.6 Å². The molecule has 0 radical (unpaired) electrons. The smallest absolute Gasteiger partial charge is 0.274 e. The van der Waals surface area contributed by atoms with Gasteiger partial charge in [0.2, 0.25) is 0 Å². The van der Waals surface area contributed by atoms with Gasteiger partial charge in [-0.1, -0.05) is 6.07 Å². The van der Waals surface area contributed by atoms with Crippen LogP contribution in [0, 0.1) is 25.5 Å². The molecule has 3 aromatic rings. The summed E-state index contributed by atoms with van der Waals surface area (Å²) in [7, 11) is 1.55. The van der Waals surface area contributed by atoms with Crippen LogP contribution in [0.4, 0.5) is 26.0 Å². The molecular formula is C20H18F2N4O2. The van der Waals surface area contributed by atoms with E-state index in [0.717, 1.165) is 17.7 Å². The first kappa shape index (κ1) is 19.2. The summed E-state index contributed by atoms with van der Waals surface area (Å²) in [4.78, 5) is 20.8. The summed E-state index contributed by atoms with van der Waals surface area (Å²) in [6, 6.07) is 9.93. The average molecular weight is 384 g/mol. The van der Waals surface area contributed by atoms with Crippen molar-refractivity contribution in [1.29, 1.82) is 0 Å². The number of amides is 1. The monoisotopic (exact) mass is 384 g/mol. The number of aryl methyl sites for hydroxylation is 2. The second kappa shape index (κ2) is 7.99. The third-order valence-corrected chi connectivity index (χ3v) is 3.87. The number of carbonyl (C=O) groups excluding carboxylic acids is 1. The van der Waals surface area contributed by atoms with Crippen LogP contribution in [0.3, 0.4) is 0 Å². The normalized spacial score (nSPS) is 10.5. The standard InChI is InChI=1S/C20H18F2N4O2/c1-11-4-7-18(28-3)16(8-11)25-19-10-17(23-12(2)24-19)20(27)26-15-6-5-13(21)9-14(15)22/h4-10H,1-3H3,(H,26,27)(H,23,24,25). The van der Waals surface area contributed by atoms with E-state index in [4.69, 9.17) is 4.74 Å². The highest BCUT2D eigenvalue weighted by atomic mass is 19.1. The molecule has 1 amide bonds. The number of hydrogen-bond donors (Lipinski definition) is 2. The van der Waals surface area contributed by atoms with Crippen molar-refractivity contribution < 1.29 is 18.3 Å². The van der Waals surface area contributed by atoms with Crippen molar-refractivity contribution in [2.45, 2.75) is 13.8 Å². The van der Waals surface area contributed by atoms with Gasteiger partial charge < -0.3 is 15.4 Å². The third-order valence-electron chi connectivity index (χ3n) is 3.87. The van der Waals surface area contributed by atoms with Gasteiger partial charge in [0.25, 0.3) is 5.91 Å². The van der Waals surface area contributed by atoms with Crippen LogP contribution in [0.2, 0.25) is 0 Å². The Hall–Kier alpha value is -3.55. The lowest BCUT2D eigenvalue weighted by molar-refractivity contribution is 0.102. The molecule has 0 spiro atoms. The van der Waals surface area contributed by atoms with Gasteiger partial charge in [-0.2, -0.15) is 0 Å². The largest absolute Gasteiger partial charge is 0.495 e. The van der Waals surface area contributed by atoms with E-state index in [0.29, 0.717) is 29.1 Å². The van der Waals surface area contributed by atoms with Gasteiger partial charge in [0.15, 0.2) is 0 Å². The molecule has 0 saturated heterocycles. The Morgan fingerprint density at radius 3 is 2.50 bits per heavy atom. The summed E-state index contributed by atoms with van der Waals surface area (Å²) in [5.41, 5.74) is 1.58. The van der Waals surface area contributed by atoms with E-state index in [-0.39, 0.29) is 11.4 Å². The highest BCUT2D eigenvalue weighted by Gasteiger charge is 2.14. The van der Waals surface area contributed by atoms with E-state index >= 15 is 0 Å². The number of benzene rings is 2. The maximum atomic E-state index is 13.8. The lowest BCUT2D eigenvalue weighted by Gasteiger charge is -2.13. The molecule has 2 N–H and O–H groups in total. The van der Waals surface area contributed by atoms with Gasteiger partial charge in [0, 0.05) is 12.1 Å². The Kier molecular flexibility index (Phi) is 5.49. The van der Waals surface area contributed by atoms with Gasteiger partial charge >= 0.3 is 0 Å². The second-order valence-corrected chi connectivity index (χ2v) is 6.09. The van der Waals surface area contributed by atoms with Gasteiger partial charge in [-0.15, -0.1) is 0 Å². The van der Waals surface area contributed by atoms with E-state index in [1.165, 1.54) is 6.07 Å². The van der Waals surface area contributed by atoms with Gasteiger partial charge in [0.1, 0.15) is 34.7 Å². The van der Waals surface area contributed by atoms with Crippen LogP contribution >= 0.6 is 0 Å². The molecule has 2 aromatic carbocycles. The lowest BCUT2D eigenvalue weighted by Crippen LogP contribution is -2.16. The molecule has 0 bridgehead atoms. The van der Waals surface area contributed by atoms with E-state index < -0.39 is 17.5 Å². The molecule has 8 heteroatoms. The van der Waals surface area contributed by atoms with Gasteiger partial charge in [-0.25, -0.2) is 18.7 Å². The number of methoxy groups -OCH3 is 1. The van der Waals surface area contributed by atoms with Crippen molar-refractivity contribution in [1.82, 2.24) is 9.97 Å². The van der Waals surface area contributed by atoms with E-state index in [1.54, 1.807) is 14.0 Å². The van der Waals surface area contributed by atoms with Crippen molar-refractivity contribution in [3.63, 3.8) is 0 Å². The van der Waals surface area contributed by atoms with Crippen LogP contribution < -0.4 is 15.4 Å². The predicted molar refractivity (Wildman–Crippen MR) is 102 cm³/mol. The topological polar surface area (TPSA) is 76.1 Å². The minimum absolute atomic E-state index is 0.0327. The number of halogens is 2. The maximum Gasteiger partial charge on any atom is 0.274 e. The van der Waals surface area contributed by atoms with Crippen molar-refractivity contribution in [2.75, 3.05) is 17.7 Å². The highest BCUT2D eigenvalue weighted by molar-refractivity contribution is 6.03. The quantitative estimate of drug-likeness (QED) is 0.683. The highest BCUT2D eigenvalue weighted by Crippen LogP contribution is 2.28. The Labute approximate surface area is 160 Å². The first-order valence-corrected chi connectivity index (χ1v) is 8.39. The van der Waals surface area contributed by atoms with E-state index in [9.17, 15) is 13.6 Å². The Morgan fingerprint density at radius 1 is 1.00 bits per heavy atom. The maximum absolute atomic E-state index is 13.8. The molecule has 0 atom stereocenters. The zero-order chi connectivity index (χ0) is 20.3. The third kappa shape index (κ3) is 4.40. The zero-order valence-electron chi connectivity index (χ0n) is 15.5. The summed E-state index contributed by atoms with van der Waals surface area (Å²) in [5.74, 6) is -0.909. The molecule has 144 valence electrons. The van der Waals surface area contributed by atoms with Crippen LogP contribution in [-0.4, -0.2) is 23.0 Å². The summed E-state index contributed by atoms with van der Waals surface area (Å²) < 4.78 is 32.1. The summed E-state index contributed by atoms with van der Waals surface area (Å²) >= 11 is 0. The molecular weight excluding hydrogens is 366 g/mol. The van der Waals surface area contributed by atoms with Crippen LogP contribution in [0.15, 0.2) is 42.5 Å². The number of nitrogens with one attached hydrogen (secondary N) is 2. The molecule has 0 fully saturated rings. The molecule has 0 aliphatic heterocycles. The molecule has 3 rings (SSSR count). The number of rotatable bonds is 5. The summed E-state index contributed by atoms with van der Waals surface area (Å²) in [5, 5.41) is 5.48. The zero-order valence-corrected chi connectivity index (χ0v) is 15.5. The van der Waals surface area contributed by atoms with Gasteiger partial charge in [0.05, 0.1) is 18.5 Å². The van der Waals surface area contributed by atoms with Crippen molar-refractivity contribution in [2.24, 2.45) is 0 Å². The second-order valence-electron chi connectivity index (χ2n) is 6.09. The summed E-state index contributed by atoms with van der Waals surface area (Å²) in [6.07, 6.45) is 0. The molecule has 6 nitrogen and oxygen atoms in total. The number of carbonyl (C=O) groups is 1. The molecule has 0 saturated carbocycles. The predicted octanol–water partition coefficient (Wildman–Crippen LogP) is 4.38.